The van der Waals surface area contributed by atoms with Crippen LogP contribution in [0.5, 0.6) is 0 Å². The second-order valence-electron chi connectivity index (χ2n) is 8.15. The number of carbonyl (C=O) groups is 2. The van der Waals surface area contributed by atoms with E-state index >= 15 is 0 Å². The van der Waals surface area contributed by atoms with Crippen LogP contribution >= 0.6 is 0 Å². The predicted octanol–water partition coefficient (Wildman–Crippen LogP) is 4.88. The first-order valence-corrected chi connectivity index (χ1v) is 10.8. The molecule has 0 bridgehead atoms. The molecular formula is C25H26FN3O3. The van der Waals surface area contributed by atoms with Crippen molar-refractivity contribution in [1.29, 1.82) is 0 Å². The lowest BCUT2D eigenvalue weighted by Crippen LogP contribution is -2.46. The Hall–Kier alpha value is -3.48. The highest BCUT2D eigenvalue weighted by molar-refractivity contribution is 6.11. The Morgan fingerprint density at radius 1 is 1.06 bits per heavy atom. The van der Waals surface area contributed by atoms with E-state index in [1.54, 1.807) is 50.2 Å². The number of aryl methyl sites for hydroxylation is 2. The number of rotatable bonds is 6. The zero-order valence-corrected chi connectivity index (χ0v) is 18.2. The lowest BCUT2D eigenvalue weighted by Gasteiger charge is -2.32. The zero-order valence-electron chi connectivity index (χ0n) is 18.2. The summed E-state index contributed by atoms with van der Waals surface area (Å²) in [6.45, 7) is 3.36. The summed E-state index contributed by atoms with van der Waals surface area (Å²) >= 11 is 0. The maximum absolute atomic E-state index is 13.8. The number of benzene rings is 2. The lowest BCUT2D eigenvalue weighted by molar-refractivity contribution is -0.123. The monoisotopic (exact) mass is 435 g/mol. The van der Waals surface area contributed by atoms with Crippen molar-refractivity contribution in [3.05, 3.63) is 83.0 Å². The third-order valence-corrected chi connectivity index (χ3v) is 5.89. The molecule has 1 saturated carbocycles. The van der Waals surface area contributed by atoms with Crippen LogP contribution in [0.15, 0.2) is 59.1 Å². The summed E-state index contributed by atoms with van der Waals surface area (Å²) in [4.78, 5) is 28.9. The Bertz CT molecular complexity index is 1070. The van der Waals surface area contributed by atoms with Gasteiger partial charge in [-0.15, -0.1) is 0 Å². The number of nitrogens with one attached hydrogen (secondary N) is 1. The van der Waals surface area contributed by atoms with Gasteiger partial charge in [0.15, 0.2) is 0 Å². The van der Waals surface area contributed by atoms with Crippen molar-refractivity contribution in [2.45, 2.75) is 51.6 Å². The van der Waals surface area contributed by atoms with Crippen molar-refractivity contribution < 1.29 is 18.5 Å². The van der Waals surface area contributed by atoms with Crippen molar-refractivity contribution in [3.63, 3.8) is 0 Å². The van der Waals surface area contributed by atoms with Gasteiger partial charge in [0, 0.05) is 11.7 Å². The smallest absolute Gasteiger partial charge is 0.264 e. The molecule has 1 aromatic heterocycles. The van der Waals surface area contributed by atoms with Gasteiger partial charge < -0.3 is 9.84 Å². The van der Waals surface area contributed by atoms with Gasteiger partial charge in [-0.3, -0.25) is 14.5 Å². The van der Waals surface area contributed by atoms with E-state index in [1.165, 1.54) is 17.0 Å². The summed E-state index contributed by atoms with van der Waals surface area (Å²) in [7, 11) is 0. The molecule has 1 fully saturated rings. The van der Waals surface area contributed by atoms with Gasteiger partial charge in [0.25, 0.3) is 5.91 Å². The van der Waals surface area contributed by atoms with Crippen LogP contribution in [0.1, 0.15) is 59.1 Å². The van der Waals surface area contributed by atoms with E-state index in [-0.39, 0.29) is 11.9 Å². The number of hydrogen-bond acceptors (Lipinski definition) is 4. The van der Waals surface area contributed by atoms with Crippen LogP contribution in [0.4, 0.5) is 10.1 Å². The average molecular weight is 435 g/mol. The summed E-state index contributed by atoms with van der Waals surface area (Å²) in [5.41, 5.74) is 1.83. The second-order valence-corrected chi connectivity index (χ2v) is 8.15. The molecule has 2 aromatic carbocycles. The molecule has 1 aliphatic rings. The van der Waals surface area contributed by atoms with E-state index in [0.29, 0.717) is 28.3 Å². The van der Waals surface area contributed by atoms with Gasteiger partial charge in [-0.1, -0.05) is 48.3 Å². The highest BCUT2D eigenvalue weighted by Gasteiger charge is 2.36. The molecule has 1 aliphatic carbocycles. The molecule has 3 aromatic rings. The van der Waals surface area contributed by atoms with Crippen molar-refractivity contribution in [2.75, 3.05) is 4.90 Å². The normalized spacial score (nSPS) is 14.8. The number of amides is 2. The van der Waals surface area contributed by atoms with Gasteiger partial charge in [0.1, 0.15) is 23.2 Å². The molecule has 1 atom stereocenters. The fourth-order valence-electron chi connectivity index (χ4n) is 4.29. The number of hydrogen-bond donors (Lipinski definition) is 1. The molecule has 2 amide bonds. The average Bonchev–Trinajstić information content (AvgIpc) is 3.42. The molecule has 4 rings (SSSR count). The minimum atomic E-state index is -0.986. The fraction of sp³-hybridized carbons (Fsp3) is 0.320. The Morgan fingerprint density at radius 2 is 1.72 bits per heavy atom. The molecule has 0 spiro atoms. The molecule has 32 heavy (non-hydrogen) atoms. The summed E-state index contributed by atoms with van der Waals surface area (Å²) in [5.74, 6) is -0.731. The molecule has 1 heterocycles. The Kier molecular flexibility index (Phi) is 6.35. The Labute approximate surface area is 186 Å². The van der Waals surface area contributed by atoms with Crippen LogP contribution in [0.25, 0.3) is 0 Å². The molecule has 0 saturated heterocycles. The molecular weight excluding hydrogens is 409 g/mol. The van der Waals surface area contributed by atoms with Gasteiger partial charge in [0.2, 0.25) is 5.91 Å². The van der Waals surface area contributed by atoms with Crippen molar-refractivity contribution in [3.8, 4) is 0 Å². The van der Waals surface area contributed by atoms with Crippen LogP contribution in [0, 0.1) is 19.7 Å². The summed E-state index contributed by atoms with van der Waals surface area (Å²) < 4.78 is 18.9. The molecule has 7 heteroatoms. The fourth-order valence-corrected chi connectivity index (χ4v) is 4.29. The lowest BCUT2D eigenvalue weighted by atomic mass is 10.0. The highest BCUT2D eigenvalue weighted by Crippen LogP contribution is 2.32. The number of aromatic nitrogens is 1. The number of carbonyl (C=O) groups excluding carboxylic acids is 2. The zero-order chi connectivity index (χ0) is 22.7. The Balaban J connectivity index is 1.82. The standard InChI is InChI=1S/C25H26FN3O3/c1-16-22(17(2)32-28-16)25(31)29(21-10-4-3-5-11-21)23(18-12-14-19(26)15-13-18)24(30)27-20-8-6-7-9-20/h3-5,10-15,20,23H,6-9H2,1-2H3,(H,27,30)/t23-/m1/s1. The topological polar surface area (TPSA) is 75.4 Å². The number of halogens is 1. The molecule has 0 unspecified atom stereocenters. The third-order valence-electron chi connectivity index (χ3n) is 5.89. The SMILES string of the molecule is Cc1noc(C)c1C(=O)N(c1ccccc1)[C@@H](C(=O)NC1CCCC1)c1ccc(F)cc1. The van der Waals surface area contributed by atoms with E-state index in [4.69, 9.17) is 4.52 Å². The maximum atomic E-state index is 13.8. The minimum absolute atomic E-state index is 0.0669. The molecule has 166 valence electrons. The van der Waals surface area contributed by atoms with E-state index in [2.05, 4.69) is 10.5 Å². The third kappa shape index (κ3) is 4.42. The van der Waals surface area contributed by atoms with Crippen molar-refractivity contribution >= 4 is 17.5 Å². The maximum Gasteiger partial charge on any atom is 0.264 e. The van der Waals surface area contributed by atoms with E-state index in [9.17, 15) is 14.0 Å². The molecule has 0 radical (unpaired) electrons. The number of para-hydroxylation sites is 1. The van der Waals surface area contributed by atoms with Crippen LogP contribution in [0.2, 0.25) is 0 Å². The van der Waals surface area contributed by atoms with Gasteiger partial charge in [-0.05, 0) is 56.5 Å². The minimum Gasteiger partial charge on any atom is -0.361 e. The number of nitrogens with zero attached hydrogens (tertiary/aromatic N) is 2. The van der Waals surface area contributed by atoms with Gasteiger partial charge in [-0.25, -0.2) is 4.39 Å². The van der Waals surface area contributed by atoms with Crippen molar-refractivity contribution in [1.82, 2.24) is 10.5 Å². The molecule has 1 N–H and O–H groups in total. The van der Waals surface area contributed by atoms with Gasteiger partial charge in [-0.2, -0.15) is 0 Å². The van der Waals surface area contributed by atoms with E-state index in [1.807, 2.05) is 6.07 Å². The first kappa shape index (κ1) is 21.7. The van der Waals surface area contributed by atoms with Gasteiger partial charge >= 0.3 is 0 Å². The molecule has 6 nitrogen and oxygen atoms in total. The quantitative estimate of drug-likeness (QED) is 0.599. The Morgan fingerprint density at radius 3 is 2.31 bits per heavy atom. The summed E-state index contributed by atoms with van der Waals surface area (Å²) in [6, 6.07) is 13.8. The van der Waals surface area contributed by atoms with Crippen LogP contribution in [0.3, 0.4) is 0 Å². The predicted molar refractivity (Wildman–Crippen MR) is 119 cm³/mol. The van der Waals surface area contributed by atoms with E-state index < -0.39 is 17.8 Å². The number of anilines is 1. The first-order valence-electron chi connectivity index (χ1n) is 10.8. The highest BCUT2D eigenvalue weighted by atomic mass is 19.1. The summed E-state index contributed by atoms with van der Waals surface area (Å²) in [6.07, 6.45) is 3.94. The van der Waals surface area contributed by atoms with Crippen LogP contribution in [-0.4, -0.2) is 23.0 Å². The van der Waals surface area contributed by atoms with Crippen molar-refractivity contribution in [2.24, 2.45) is 0 Å². The second kappa shape index (κ2) is 9.34. The van der Waals surface area contributed by atoms with Crippen LogP contribution in [-0.2, 0) is 4.79 Å². The summed E-state index contributed by atoms with van der Waals surface area (Å²) in [5, 5.41) is 7.02. The van der Waals surface area contributed by atoms with Crippen LogP contribution < -0.4 is 10.2 Å². The largest absolute Gasteiger partial charge is 0.361 e. The van der Waals surface area contributed by atoms with E-state index in [0.717, 1.165) is 25.7 Å². The van der Waals surface area contributed by atoms with Gasteiger partial charge in [0.05, 0.1) is 5.69 Å². The molecule has 0 aliphatic heterocycles. The first-order chi connectivity index (χ1) is 15.5.